The Labute approximate surface area is 203 Å². The van der Waals surface area contributed by atoms with Gasteiger partial charge < -0.3 is 14.4 Å². The lowest BCUT2D eigenvalue weighted by molar-refractivity contribution is -0.126. The van der Waals surface area contributed by atoms with Crippen molar-refractivity contribution in [2.24, 2.45) is 0 Å². The quantitative estimate of drug-likeness (QED) is 0.568. The molecular formula is C27H26N4O2S. The number of fused-ring (bicyclic) bond motifs is 1. The highest BCUT2D eigenvalue weighted by Crippen LogP contribution is 2.31. The maximum absolute atomic E-state index is 13.5. The van der Waals surface area contributed by atoms with E-state index in [1.165, 1.54) is 0 Å². The maximum Gasteiger partial charge on any atom is 0.271 e. The van der Waals surface area contributed by atoms with E-state index < -0.39 is 0 Å². The summed E-state index contributed by atoms with van der Waals surface area (Å²) in [6.07, 6.45) is 3.68. The molecule has 0 N–H and O–H groups in total. The SMILES string of the molecule is N#Cc1c(N2CCN(C(=O)C3=CCCS3)CC2)c2ccccc2n(CCc2ccccc2)c1=O. The molecule has 5 rings (SSSR count). The third kappa shape index (κ3) is 4.22. The second kappa shape index (κ2) is 9.78. The van der Waals surface area contributed by atoms with Crippen molar-refractivity contribution in [3.05, 3.63) is 87.1 Å². The molecule has 2 aliphatic rings. The Morgan fingerprint density at radius 2 is 1.74 bits per heavy atom. The van der Waals surface area contributed by atoms with Crippen LogP contribution in [0.4, 0.5) is 5.69 Å². The molecule has 172 valence electrons. The van der Waals surface area contributed by atoms with Crippen LogP contribution in [0.1, 0.15) is 17.5 Å². The van der Waals surface area contributed by atoms with Crippen molar-refractivity contribution in [3.8, 4) is 6.07 Å². The molecule has 2 aromatic carbocycles. The van der Waals surface area contributed by atoms with Crippen molar-refractivity contribution in [1.29, 1.82) is 5.26 Å². The van der Waals surface area contributed by atoms with Crippen LogP contribution in [0.5, 0.6) is 0 Å². The van der Waals surface area contributed by atoms with E-state index >= 15 is 0 Å². The van der Waals surface area contributed by atoms with Gasteiger partial charge in [0.05, 0.1) is 16.1 Å². The summed E-state index contributed by atoms with van der Waals surface area (Å²) in [6, 6.07) is 20.1. The fraction of sp³-hybridized carbons (Fsp3) is 0.296. The van der Waals surface area contributed by atoms with Crippen molar-refractivity contribution in [3.63, 3.8) is 0 Å². The summed E-state index contributed by atoms with van der Waals surface area (Å²) in [4.78, 5) is 31.1. The Bertz CT molecular complexity index is 1350. The number of para-hydroxylation sites is 1. The normalized spacial score (nSPS) is 15.9. The van der Waals surface area contributed by atoms with Crippen LogP contribution in [0, 0.1) is 11.3 Å². The second-order valence-corrected chi connectivity index (χ2v) is 9.67. The van der Waals surface area contributed by atoms with Gasteiger partial charge in [0.25, 0.3) is 11.5 Å². The largest absolute Gasteiger partial charge is 0.366 e. The highest BCUT2D eigenvalue weighted by atomic mass is 32.2. The van der Waals surface area contributed by atoms with Gasteiger partial charge in [-0.05, 0) is 24.5 Å². The smallest absolute Gasteiger partial charge is 0.271 e. The van der Waals surface area contributed by atoms with E-state index in [0.29, 0.717) is 44.8 Å². The lowest BCUT2D eigenvalue weighted by Gasteiger charge is -2.37. The van der Waals surface area contributed by atoms with E-state index in [-0.39, 0.29) is 17.0 Å². The molecular weight excluding hydrogens is 444 g/mol. The monoisotopic (exact) mass is 470 g/mol. The molecule has 3 heterocycles. The van der Waals surface area contributed by atoms with Crippen molar-refractivity contribution in [1.82, 2.24) is 9.47 Å². The highest BCUT2D eigenvalue weighted by Gasteiger charge is 2.28. The zero-order valence-corrected chi connectivity index (χ0v) is 19.8. The van der Waals surface area contributed by atoms with E-state index in [0.717, 1.165) is 33.5 Å². The predicted octanol–water partition coefficient (Wildman–Crippen LogP) is 3.79. The number of anilines is 1. The Hall–Kier alpha value is -3.50. The first-order valence-corrected chi connectivity index (χ1v) is 12.6. The molecule has 1 amide bonds. The first-order valence-electron chi connectivity index (χ1n) is 11.6. The first kappa shape index (κ1) is 22.3. The van der Waals surface area contributed by atoms with E-state index in [1.54, 1.807) is 16.3 Å². The number of carbonyl (C=O) groups is 1. The van der Waals surface area contributed by atoms with Gasteiger partial charge >= 0.3 is 0 Å². The van der Waals surface area contributed by atoms with Gasteiger partial charge in [-0.1, -0.05) is 54.6 Å². The molecule has 0 spiro atoms. The number of aryl methyl sites for hydroxylation is 2. The molecule has 0 bridgehead atoms. The second-order valence-electron chi connectivity index (χ2n) is 8.53. The zero-order valence-electron chi connectivity index (χ0n) is 18.9. The summed E-state index contributed by atoms with van der Waals surface area (Å²) >= 11 is 1.62. The molecule has 0 saturated carbocycles. The number of hydrogen-bond donors (Lipinski definition) is 0. The van der Waals surface area contributed by atoms with Crippen LogP contribution < -0.4 is 10.5 Å². The molecule has 3 aromatic rings. The van der Waals surface area contributed by atoms with Crippen LogP contribution in [-0.2, 0) is 17.8 Å². The van der Waals surface area contributed by atoms with E-state index in [4.69, 9.17) is 0 Å². The number of aromatic nitrogens is 1. The molecule has 34 heavy (non-hydrogen) atoms. The third-order valence-corrected chi connectivity index (χ3v) is 7.62. The van der Waals surface area contributed by atoms with Gasteiger partial charge in [0.15, 0.2) is 0 Å². The van der Waals surface area contributed by atoms with Gasteiger partial charge in [0.1, 0.15) is 11.6 Å². The molecule has 1 saturated heterocycles. The summed E-state index contributed by atoms with van der Waals surface area (Å²) < 4.78 is 1.73. The standard InChI is InChI=1S/C27H26N4O2S/c28-19-22-25(29-14-16-30(17-15-29)27(33)24-11-6-18-34-24)21-9-4-5-10-23(21)31(26(22)32)13-12-20-7-2-1-3-8-20/h1-5,7-11H,6,12-18H2. The van der Waals surface area contributed by atoms with Gasteiger partial charge in [-0.3, -0.25) is 9.59 Å². The Morgan fingerprint density at radius 1 is 1.00 bits per heavy atom. The van der Waals surface area contributed by atoms with Gasteiger partial charge in [0.2, 0.25) is 0 Å². The average Bonchev–Trinajstić information content (AvgIpc) is 3.43. The minimum Gasteiger partial charge on any atom is -0.366 e. The van der Waals surface area contributed by atoms with E-state index in [9.17, 15) is 14.9 Å². The minimum absolute atomic E-state index is 0.101. The van der Waals surface area contributed by atoms with Crippen molar-refractivity contribution in [2.45, 2.75) is 19.4 Å². The van der Waals surface area contributed by atoms with Gasteiger partial charge in [0, 0.05) is 43.9 Å². The fourth-order valence-corrected chi connectivity index (χ4v) is 5.73. The number of carbonyl (C=O) groups excluding carboxylic acids is 1. The van der Waals surface area contributed by atoms with Gasteiger partial charge in [-0.2, -0.15) is 5.26 Å². The van der Waals surface area contributed by atoms with Gasteiger partial charge in [-0.25, -0.2) is 0 Å². The maximum atomic E-state index is 13.5. The number of amides is 1. The number of rotatable bonds is 5. The van der Waals surface area contributed by atoms with Crippen LogP contribution in [-0.4, -0.2) is 47.3 Å². The highest BCUT2D eigenvalue weighted by molar-refractivity contribution is 8.04. The molecule has 0 radical (unpaired) electrons. The Balaban J connectivity index is 1.46. The number of hydrogen-bond acceptors (Lipinski definition) is 5. The lowest BCUT2D eigenvalue weighted by atomic mass is 10.1. The van der Waals surface area contributed by atoms with Crippen LogP contribution >= 0.6 is 11.8 Å². The van der Waals surface area contributed by atoms with Crippen molar-refractivity contribution >= 4 is 34.3 Å². The van der Waals surface area contributed by atoms with Crippen LogP contribution in [0.25, 0.3) is 10.9 Å². The van der Waals surface area contributed by atoms with Crippen molar-refractivity contribution in [2.75, 3.05) is 36.8 Å². The number of allylic oxidation sites excluding steroid dienone is 1. The molecule has 1 fully saturated rings. The van der Waals surface area contributed by atoms with Crippen LogP contribution in [0.3, 0.4) is 0 Å². The summed E-state index contributed by atoms with van der Waals surface area (Å²) in [5, 5.41) is 10.9. The zero-order chi connectivity index (χ0) is 23.5. The molecule has 2 aliphatic heterocycles. The minimum atomic E-state index is -0.252. The molecule has 7 heteroatoms. The lowest BCUT2D eigenvalue weighted by Crippen LogP contribution is -2.49. The molecule has 0 atom stereocenters. The topological polar surface area (TPSA) is 69.3 Å². The van der Waals surface area contributed by atoms with Crippen LogP contribution in [0.15, 0.2) is 70.4 Å². The molecule has 6 nitrogen and oxygen atoms in total. The molecule has 1 aromatic heterocycles. The fourth-order valence-electron chi connectivity index (χ4n) is 4.78. The van der Waals surface area contributed by atoms with Crippen molar-refractivity contribution < 1.29 is 4.79 Å². The van der Waals surface area contributed by atoms with E-state index in [2.05, 4.69) is 11.0 Å². The summed E-state index contributed by atoms with van der Waals surface area (Å²) in [6.45, 7) is 2.85. The summed E-state index contributed by atoms with van der Waals surface area (Å²) in [5.74, 6) is 1.07. The number of thioether (sulfide) groups is 1. The number of nitrogens with zero attached hydrogens (tertiary/aromatic N) is 4. The third-order valence-electron chi connectivity index (χ3n) is 6.52. The molecule has 0 aliphatic carbocycles. The first-order chi connectivity index (χ1) is 16.7. The average molecular weight is 471 g/mol. The summed E-state index contributed by atoms with van der Waals surface area (Å²) in [5.41, 5.74) is 2.61. The molecule has 0 unspecified atom stereocenters. The predicted molar refractivity (Wildman–Crippen MR) is 137 cm³/mol. The van der Waals surface area contributed by atoms with E-state index in [1.807, 2.05) is 65.6 Å². The number of nitriles is 1. The Kier molecular flexibility index (Phi) is 6.41. The Morgan fingerprint density at radius 3 is 2.44 bits per heavy atom. The van der Waals surface area contributed by atoms with Crippen LogP contribution in [0.2, 0.25) is 0 Å². The number of pyridine rings is 1. The van der Waals surface area contributed by atoms with Gasteiger partial charge in [-0.15, -0.1) is 11.8 Å². The summed E-state index contributed by atoms with van der Waals surface area (Å²) in [7, 11) is 0. The number of benzene rings is 2. The number of piperazine rings is 1.